The minimum atomic E-state index is -3.58. The fourth-order valence-electron chi connectivity index (χ4n) is 2.52. The number of methoxy groups -OCH3 is 1. The summed E-state index contributed by atoms with van der Waals surface area (Å²) in [6, 6.07) is 3.77. The molecule has 1 aromatic rings. The molecular weight excluding hydrogens is 317 g/mol. The second-order valence-corrected chi connectivity index (χ2v) is 7.39. The van der Waals surface area contributed by atoms with Crippen LogP contribution in [-0.2, 0) is 20.6 Å². The number of rotatable bonds is 5. The normalized spacial score (nSPS) is 18.0. The maximum Gasteiger partial charge on any atom is 0.243 e. The van der Waals surface area contributed by atoms with E-state index in [1.165, 1.54) is 16.4 Å². The van der Waals surface area contributed by atoms with E-state index in [-0.39, 0.29) is 16.3 Å². The van der Waals surface area contributed by atoms with E-state index in [4.69, 9.17) is 16.3 Å². The highest BCUT2D eigenvalue weighted by atomic mass is 35.5. The first-order valence-electron chi connectivity index (χ1n) is 6.82. The van der Waals surface area contributed by atoms with Crippen LogP contribution in [0.3, 0.4) is 0 Å². The van der Waals surface area contributed by atoms with E-state index in [9.17, 15) is 12.8 Å². The zero-order valence-corrected chi connectivity index (χ0v) is 13.5. The number of alkyl halides is 1. The van der Waals surface area contributed by atoms with Crippen LogP contribution in [0.5, 0.6) is 0 Å². The molecule has 0 bridgehead atoms. The molecule has 0 amide bonds. The molecule has 4 nitrogen and oxygen atoms in total. The van der Waals surface area contributed by atoms with Crippen LogP contribution in [0.4, 0.5) is 4.39 Å². The third-order valence-electron chi connectivity index (χ3n) is 3.77. The highest BCUT2D eigenvalue weighted by Crippen LogP contribution is 2.25. The molecule has 0 radical (unpaired) electrons. The molecule has 1 aliphatic heterocycles. The van der Waals surface area contributed by atoms with Crippen LogP contribution in [0.25, 0.3) is 0 Å². The van der Waals surface area contributed by atoms with Gasteiger partial charge in [-0.15, -0.1) is 11.6 Å². The molecule has 0 aliphatic carbocycles. The minimum absolute atomic E-state index is 0.0505. The van der Waals surface area contributed by atoms with Crippen molar-refractivity contribution in [2.45, 2.75) is 23.6 Å². The van der Waals surface area contributed by atoms with Gasteiger partial charge < -0.3 is 4.74 Å². The molecule has 0 N–H and O–H groups in total. The lowest BCUT2D eigenvalue weighted by atomic mass is 9.99. The van der Waals surface area contributed by atoms with Gasteiger partial charge >= 0.3 is 0 Å². The number of piperidine rings is 1. The SMILES string of the molecule is COCC1CCN(S(=O)(=O)c2ccc(F)c(CCl)c2)CC1. The van der Waals surface area contributed by atoms with Gasteiger partial charge in [0.15, 0.2) is 0 Å². The zero-order chi connectivity index (χ0) is 15.5. The van der Waals surface area contributed by atoms with Crippen LogP contribution in [0.15, 0.2) is 23.1 Å². The molecule has 0 aromatic heterocycles. The first kappa shape index (κ1) is 16.7. The summed E-state index contributed by atoms with van der Waals surface area (Å²) in [5.41, 5.74) is 0.201. The lowest BCUT2D eigenvalue weighted by Crippen LogP contribution is -2.39. The molecule has 1 aromatic carbocycles. The van der Waals surface area contributed by atoms with Crippen molar-refractivity contribution in [3.63, 3.8) is 0 Å². The summed E-state index contributed by atoms with van der Waals surface area (Å²) in [4.78, 5) is 0.102. The van der Waals surface area contributed by atoms with Gasteiger partial charge in [-0.2, -0.15) is 4.31 Å². The molecule has 7 heteroatoms. The van der Waals surface area contributed by atoms with Crippen LogP contribution in [0, 0.1) is 11.7 Å². The van der Waals surface area contributed by atoms with Crippen LogP contribution in [0.2, 0.25) is 0 Å². The second-order valence-electron chi connectivity index (χ2n) is 5.19. The van der Waals surface area contributed by atoms with E-state index >= 15 is 0 Å². The highest BCUT2D eigenvalue weighted by molar-refractivity contribution is 7.89. The third kappa shape index (κ3) is 3.74. The van der Waals surface area contributed by atoms with E-state index < -0.39 is 15.8 Å². The highest BCUT2D eigenvalue weighted by Gasteiger charge is 2.29. The number of halogens is 2. The average Bonchev–Trinajstić information content (AvgIpc) is 2.48. The van der Waals surface area contributed by atoms with Crippen molar-refractivity contribution in [1.29, 1.82) is 0 Å². The predicted octanol–water partition coefficient (Wildman–Crippen LogP) is 2.61. The predicted molar refractivity (Wildman–Crippen MR) is 79.3 cm³/mol. The van der Waals surface area contributed by atoms with Gasteiger partial charge in [0, 0.05) is 32.4 Å². The summed E-state index contributed by atoms with van der Waals surface area (Å²) < 4.78 is 45.1. The summed E-state index contributed by atoms with van der Waals surface area (Å²) >= 11 is 5.63. The largest absolute Gasteiger partial charge is 0.384 e. The summed E-state index contributed by atoms with van der Waals surface area (Å²) in [7, 11) is -1.93. The van der Waals surface area contributed by atoms with Crippen molar-refractivity contribution in [2.75, 3.05) is 26.8 Å². The van der Waals surface area contributed by atoms with E-state index in [1.54, 1.807) is 7.11 Å². The first-order chi connectivity index (χ1) is 9.98. The van der Waals surface area contributed by atoms with Gasteiger partial charge in [-0.1, -0.05) is 0 Å². The lowest BCUT2D eigenvalue weighted by molar-refractivity contribution is 0.121. The topological polar surface area (TPSA) is 46.6 Å². The average molecular weight is 336 g/mol. The van der Waals surface area contributed by atoms with Gasteiger partial charge in [0.2, 0.25) is 10.0 Å². The third-order valence-corrected chi connectivity index (χ3v) is 5.96. The van der Waals surface area contributed by atoms with Crippen molar-refractivity contribution in [1.82, 2.24) is 4.31 Å². The number of benzene rings is 1. The molecule has 1 heterocycles. The standard InChI is InChI=1S/C14H19ClFNO3S/c1-20-10-11-4-6-17(7-5-11)21(18,19)13-2-3-14(16)12(8-13)9-15/h2-3,8,11H,4-7,9-10H2,1H3. The van der Waals surface area contributed by atoms with Gasteiger partial charge in [-0.05, 0) is 37.0 Å². The second kappa shape index (κ2) is 7.05. The van der Waals surface area contributed by atoms with E-state index in [1.807, 2.05) is 0 Å². The van der Waals surface area contributed by atoms with Gasteiger partial charge in [-0.3, -0.25) is 0 Å². The summed E-state index contributed by atoms with van der Waals surface area (Å²) in [6.45, 7) is 1.58. The maximum atomic E-state index is 13.4. The van der Waals surface area contributed by atoms with Crippen LogP contribution < -0.4 is 0 Å². The monoisotopic (exact) mass is 335 g/mol. The number of sulfonamides is 1. The van der Waals surface area contributed by atoms with E-state index in [0.29, 0.717) is 25.6 Å². The molecule has 2 rings (SSSR count). The van der Waals surface area contributed by atoms with Gasteiger partial charge in [0.05, 0.1) is 10.8 Å². The van der Waals surface area contributed by atoms with E-state index in [0.717, 1.165) is 18.9 Å². The fourth-order valence-corrected chi connectivity index (χ4v) is 4.24. The number of nitrogens with zero attached hydrogens (tertiary/aromatic N) is 1. The smallest absolute Gasteiger partial charge is 0.243 e. The number of hydrogen-bond acceptors (Lipinski definition) is 3. The number of ether oxygens (including phenoxy) is 1. The van der Waals surface area contributed by atoms with E-state index in [2.05, 4.69) is 0 Å². The minimum Gasteiger partial charge on any atom is -0.384 e. The molecule has 1 fully saturated rings. The van der Waals surface area contributed by atoms with Crippen molar-refractivity contribution in [3.05, 3.63) is 29.6 Å². The molecule has 0 unspecified atom stereocenters. The Bertz CT molecular complexity index is 586. The Kier molecular flexibility index (Phi) is 5.60. The Hall–Kier alpha value is -0.690. The van der Waals surface area contributed by atoms with Gasteiger partial charge in [-0.25, -0.2) is 12.8 Å². The lowest BCUT2D eigenvalue weighted by Gasteiger charge is -2.30. The van der Waals surface area contributed by atoms with Crippen molar-refractivity contribution in [2.24, 2.45) is 5.92 Å². The van der Waals surface area contributed by atoms with Crippen molar-refractivity contribution in [3.8, 4) is 0 Å². The Morgan fingerprint density at radius 3 is 2.62 bits per heavy atom. The Balaban J connectivity index is 2.15. The summed E-state index contributed by atoms with van der Waals surface area (Å²) in [6.07, 6.45) is 1.55. The Morgan fingerprint density at radius 2 is 2.05 bits per heavy atom. The molecule has 1 aliphatic rings. The molecular formula is C14H19ClFNO3S. The fraction of sp³-hybridized carbons (Fsp3) is 0.571. The van der Waals surface area contributed by atoms with Crippen LogP contribution in [-0.4, -0.2) is 39.5 Å². The zero-order valence-electron chi connectivity index (χ0n) is 11.9. The molecule has 0 spiro atoms. The van der Waals surface area contributed by atoms with Crippen LogP contribution >= 0.6 is 11.6 Å². The molecule has 118 valence electrons. The summed E-state index contributed by atoms with van der Waals surface area (Å²) in [5.74, 6) is -0.138. The summed E-state index contributed by atoms with van der Waals surface area (Å²) in [5, 5.41) is 0. The Labute approximate surface area is 129 Å². The van der Waals surface area contributed by atoms with Crippen molar-refractivity contribution >= 4 is 21.6 Å². The maximum absolute atomic E-state index is 13.4. The number of hydrogen-bond donors (Lipinski definition) is 0. The molecule has 21 heavy (non-hydrogen) atoms. The quantitative estimate of drug-likeness (QED) is 0.777. The molecule has 0 atom stereocenters. The van der Waals surface area contributed by atoms with Gasteiger partial charge in [0.1, 0.15) is 5.82 Å². The molecule has 0 saturated carbocycles. The Morgan fingerprint density at radius 1 is 1.38 bits per heavy atom. The first-order valence-corrected chi connectivity index (χ1v) is 8.80. The van der Waals surface area contributed by atoms with Crippen molar-refractivity contribution < 1.29 is 17.5 Å². The van der Waals surface area contributed by atoms with Crippen LogP contribution in [0.1, 0.15) is 18.4 Å². The molecule has 1 saturated heterocycles. The van der Waals surface area contributed by atoms with Gasteiger partial charge in [0.25, 0.3) is 0 Å².